The highest BCUT2D eigenvalue weighted by Crippen LogP contribution is 2.27. The Balaban J connectivity index is 3.18. The fourth-order valence-corrected chi connectivity index (χ4v) is 2.00. The SMILES string of the molecule is CCc1cc(Cl)c(CC)c(Cl)c1. The van der Waals surface area contributed by atoms with Crippen molar-refractivity contribution in [1.82, 2.24) is 0 Å². The van der Waals surface area contributed by atoms with E-state index in [1.165, 1.54) is 5.56 Å². The number of hydrogen-bond donors (Lipinski definition) is 0. The van der Waals surface area contributed by atoms with Gasteiger partial charge in [0.2, 0.25) is 0 Å². The molecule has 0 bridgehead atoms. The van der Waals surface area contributed by atoms with Crippen molar-refractivity contribution in [2.75, 3.05) is 0 Å². The van der Waals surface area contributed by atoms with Crippen LogP contribution in [-0.4, -0.2) is 0 Å². The second-order valence-corrected chi connectivity index (χ2v) is 3.56. The van der Waals surface area contributed by atoms with E-state index in [1.807, 2.05) is 12.1 Å². The number of rotatable bonds is 2. The van der Waals surface area contributed by atoms with Crippen molar-refractivity contribution in [1.29, 1.82) is 0 Å². The topological polar surface area (TPSA) is 0 Å². The van der Waals surface area contributed by atoms with Crippen LogP contribution in [-0.2, 0) is 12.8 Å². The maximum Gasteiger partial charge on any atom is 0.0455 e. The minimum atomic E-state index is 0.793. The lowest BCUT2D eigenvalue weighted by molar-refractivity contribution is 1.10. The zero-order chi connectivity index (χ0) is 9.14. The predicted molar refractivity (Wildman–Crippen MR) is 55.2 cm³/mol. The van der Waals surface area contributed by atoms with Gasteiger partial charge in [-0.05, 0) is 36.1 Å². The molecule has 0 aliphatic carbocycles. The van der Waals surface area contributed by atoms with Crippen molar-refractivity contribution in [3.63, 3.8) is 0 Å². The van der Waals surface area contributed by atoms with E-state index in [-0.39, 0.29) is 0 Å². The van der Waals surface area contributed by atoms with E-state index in [1.54, 1.807) is 0 Å². The van der Waals surface area contributed by atoms with Crippen LogP contribution in [0.15, 0.2) is 12.1 Å². The van der Waals surface area contributed by atoms with Gasteiger partial charge >= 0.3 is 0 Å². The van der Waals surface area contributed by atoms with Crippen molar-refractivity contribution < 1.29 is 0 Å². The van der Waals surface area contributed by atoms with E-state index in [9.17, 15) is 0 Å². The summed E-state index contributed by atoms with van der Waals surface area (Å²) in [6.45, 7) is 4.15. The number of halogens is 2. The van der Waals surface area contributed by atoms with Crippen molar-refractivity contribution in [3.8, 4) is 0 Å². The Morgan fingerprint density at radius 1 is 1.00 bits per heavy atom. The van der Waals surface area contributed by atoms with Crippen LogP contribution in [0.3, 0.4) is 0 Å². The van der Waals surface area contributed by atoms with Gasteiger partial charge in [-0.25, -0.2) is 0 Å². The van der Waals surface area contributed by atoms with Crippen molar-refractivity contribution >= 4 is 23.2 Å². The average Bonchev–Trinajstić information content (AvgIpc) is 2.03. The molecule has 0 aliphatic rings. The standard InChI is InChI=1S/C10H12Cl2/c1-3-7-5-9(11)8(4-2)10(12)6-7/h5-6H,3-4H2,1-2H3. The van der Waals surface area contributed by atoms with Crippen LogP contribution in [0.5, 0.6) is 0 Å². The van der Waals surface area contributed by atoms with Gasteiger partial charge in [-0.15, -0.1) is 0 Å². The van der Waals surface area contributed by atoms with Gasteiger partial charge in [-0.1, -0.05) is 37.0 Å². The Kier molecular flexibility index (Phi) is 3.42. The third kappa shape index (κ3) is 1.94. The Bertz CT molecular complexity index is 256. The summed E-state index contributed by atoms with van der Waals surface area (Å²) in [6.07, 6.45) is 1.87. The van der Waals surface area contributed by atoms with E-state index in [0.717, 1.165) is 28.5 Å². The summed E-state index contributed by atoms with van der Waals surface area (Å²) in [4.78, 5) is 0. The summed E-state index contributed by atoms with van der Waals surface area (Å²) in [5, 5.41) is 1.59. The minimum absolute atomic E-state index is 0.793. The molecule has 1 aromatic carbocycles. The Morgan fingerprint density at radius 3 is 1.83 bits per heavy atom. The van der Waals surface area contributed by atoms with Gasteiger partial charge in [0.1, 0.15) is 0 Å². The summed E-state index contributed by atoms with van der Waals surface area (Å²) in [6, 6.07) is 3.98. The Labute approximate surface area is 83.5 Å². The highest BCUT2D eigenvalue weighted by Gasteiger charge is 2.04. The molecule has 12 heavy (non-hydrogen) atoms. The first-order valence-electron chi connectivity index (χ1n) is 4.15. The van der Waals surface area contributed by atoms with Gasteiger partial charge in [0.25, 0.3) is 0 Å². The molecule has 0 saturated heterocycles. The highest BCUT2D eigenvalue weighted by atomic mass is 35.5. The maximum atomic E-state index is 6.03. The van der Waals surface area contributed by atoms with Gasteiger partial charge in [-0.3, -0.25) is 0 Å². The maximum absolute atomic E-state index is 6.03. The Hall–Kier alpha value is -0.200. The Morgan fingerprint density at radius 2 is 1.50 bits per heavy atom. The zero-order valence-electron chi connectivity index (χ0n) is 7.32. The smallest absolute Gasteiger partial charge is 0.0455 e. The molecule has 0 unspecified atom stereocenters. The van der Waals surface area contributed by atoms with Crippen LogP contribution < -0.4 is 0 Å². The van der Waals surface area contributed by atoms with Crippen LogP contribution in [0.2, 0.25) is 10.0 Å². The summed E-state index contributed by atoms with van der Waals surface area (Å²) < 4.78 is 0. The lowest BCUT2D eigenvalue weighted by Crippen LogP contribution is -1.88. The fourth-order valence-electron chi connectivity index (χ4n) is 1.20. The molecule has 0 atom stereocenters. The summed E-state index contributed by atoms with van der Waals surface area (Å²) >= 11 is 12.1. The molecule has 0 nitrogen and oxygen atoms in total. The van der Waals surface area contributed by atoms with Crippen molar-refractivity contribution in [2.24, 2.45) is 0 Å². The molecule has 0 fully saturated rings. The summed E-state index contributed by atoms with van der Waals surface area (Å²) in [5.74, 6) is 0. The molecule has 0 aliphatic heterocycles. The quantitative estimate of drug-likeness (QED) is 0.678. The lowest BCUT2D eigenvalue weighted by atomic mass is 10.1. The first kappa shape index (κ1) is 9.88. The van der Waals surface area contributed by atoms with Crippen LogP contribution in [0, 0.1) is 0 Å². The van der Waals surface area contributed by atoms with Crippen molar-refractivity contribution in [2.45, 2.75) is 26.7 Å². The molecular weight excluding hydrogens is 191 g/mol. The molecule has 0 amide bonds. The first-order valence-corrected chi connectivity index (χ1v) is 4.91. The summed E-state index contributed by atoms with van der Waals surface area (Å²) in [7, 11) is 0. The second kappa shape index (κ2) is 4.15. The molecule has 0 spiro atoms. The van der Waals surface area contributed by atoms with E-state index < -0.39 is 0 Å². The molecule has 1 aromatic rings. The van der Waals surface area contributed by atoms with Gasteiger partial charge in [0, 0.05) is 10.0 Å². The normalized spacial score (nSPS) is 10.3. The number of aryl methyl sites for hydroxylation is 1. The van der Waals surface area contributed by atoms with Gasteiger partial charge < -0.3 is 0 Å². The molecule has 0 aromatic heterocycles. The second-order valence-electron chi connectivity index (χ2n) is 2.75. The average molecular weight is 203 g/mol. The highest BCUT2D eigenvalue weighted by molar-refractivity contribution is 6.36. The molecule has 0 saturated carbocycles. The van der Waals surface area contributed by atoms with E-state index >= 15 is 0 Å². The molecule has 2 heteroatoms. The van der Waals surface area contributed by atoms with E-state index in [2.05, 4.69) is 13.8 Å². The zero-order valence-corrected chi connectivity index (χ0v) is 8.84. The number of benzene rings is 1. The van der Waals surface area contributed by atoms with Crippen LogP contribution in [0.4, 0.5) is 0 Å². The van der Waals surface area contributed by atoms with E-state index in [0.29, 0.717) is 0 Å². The van der Waals surface area contributed by atoms with Gasteiger partial charge in [0.15, 0.2) is 0 Å². The molecule has 0 N–H and O–H groups in total. The van der Waals surface area contributed by atoms with Crippen LogP contribution in [0.25, 0.3) is 0 Å². The molecule has 66 valence electrons. The van der Waals surface area contributed by atoms with Gasteiger partial charge in [0.05, 0.1) is 0 Å². The third-order valence-corrected chi connectivity index (χ3v) is 2.64. The molecule has 0 radical (unpaired) electrons. The largest absolute Gasteiger partial charge is 0.0840 e. The van der Waals surface area contributed by atoms with Gasteiger partial charge in [-0.2, -0.15) is 0 Å². The minimum Gasteiger partial charge on any atom is -0.0840 e. The van der Waals surface area contributed by atoms with E-state index in [4.69, 9.17) is 23.2 Å². The van der Waals surface area contributed by atoms with Crippen LogP contribution >= 0.6 is 23.2 Å². The summed E-state index contributed by atoms with van der Waals surface area (Å²) in [5.41, 5.74) is 2.25. The van der Waals surface area contributed by atoms with Crippen molar-refractivity contribution in [3.05, 3.63) is 33.3 Å². The predicted octanol–water partition coefficient (Wildman–Crippen LogP) is 4.12. The monoisotopic (exact) mass is 202 g/mol. The molecule has 0 heterocycles. The number of hydrogen-bond acceptors (Lipinski definition) is 0. The fraction of sp³-hybridized carbons (Fsp3) is 0.400. The molecule has 1 rings (SSSR count). The lowest BCUT2D eigenvalue weighted by Gasteiger charge is -2.06. The first-order chi connectivity index (χ1) is 5.69. The molecular formula is C10H12Cl2. The third-order valence-electron chi connectivity index (χ3n) is 1.96. The van der Waals surface area contributed by atoms with Crippen LogP contribution in [0.1, 0.15) is 25.0 Å².